The van der Waals surface area contributed by atoms with Gasteiger partial charge in [0.2, 0.25) is 0 Å². The van der Waals surface area contributed by atoms with Crippen LogP contribution >= 0.6 is 69.6 Å². The molecule has 1 rings (SSSR count). The molecule has 0 spiro atoms. The second kappa shape index (κ2) is 4.31. The van der Waals surface area contributed by atoms with Crippen molar-refractivity contribution in [2.24, 2.45) is 0 Å². The molecule has 0 bridgehead atoms. The van der Waals surface area contributed by atoms with Crippen molar-refractivity contribution in [3.63, 3.8) is 0 Å². The first-order valence-electron chi connectivity index (χ1n) is 3.69. The van der Waals surface area contributed by atoms with Crippen LogP contribution in [0.3, 0.4) is 0 Å². The molecule has 0 saturated heterocycles. The van der Waals surface area contributed by atoms with Gasteiger partial charge in [0, 0.05) is 0 Å². The van der Waals surface area contributed by atoms with Gasteiger partial charge in [0.15, 0.2) is 0 Å². The van der Waals surface area contributed by atoms with E-state index in [-0.39, 0.29) is 0 Å². The standard InChI is InChI=1S/C7H8Cl6/c1-7(13)5(11)3(9)2(8)4(10)6(7)12/h2-6H,1H3/t2?,3-,4?,5-,6+,7?/m1/s1. The fourth-order valence-corrected chi connectivity index (χ4v) is 3.67. The van der Waals surface area contributed by atoms with Gasteiger partial charge < -0.3 is 0 Å². The first kappa shape index (κ1) is 12.8. The van der Waals surface area contributed by atoms with Crippen molar-refractivity contribution in [3.05, 3.63) is 0 Å². The van der Waals surface area contributed by atoms with Crippen LogP contribution in [0.1, 0.15) is 6.92 Å². The highest BCUT2D eigenvalue weighted by atomic mass is 35.5. The summed E-state index contributed by atoms with van der Waals surface area (Å²) in [4.78, 5) is -0.826. The van der Waals surface area contributed by atoms with Gasteiger partial charge >= 0.3 is 0 Å². The van der Waals surface area contributed by atoms with Gasteiger partial charge in [-0.3, -0.25) is 0 Å². The minimum atomic E-state index is -0.826. The average molecular weight is 305 g/mol. The third-order valence-corrected chi connectivity index (χ3v) is 6.49. The Balaban J connectivity index is 2.93. The van der Waals surface area contributed by atoms with E-state index in [1.807, 2.05) is 0 Å². The first-order chi connectivity index (χ1) is 5.80. The van der Waals surface area contributed by atoms with Crippen LogP contribution in [0.15, 0.2) is 0 Å². The zero-order chi connectivity index (χ0) is 10.4. The second-order valence-corrected chi connectivity index (χ2v) is 6.55. The summed E-state index contributed by atoms with van der Waals surface area (Å²) in [7, 11) is 0. The van der Waals surface area contributed by atoms with E-state index in [4.69, 9.17) is 69.6 Å². The van der Waals surface area contributed by atoms with E-state index < -0.39 is 31.8 Å². The van der Waals surface area contributed by atoms with Gasteiger partial charge in [-0.25, -0.2) is 0 Å². The summed E-state index contributed by atoms with van der Waals surface area (Å²) in [6.45, 7) is 1.72. The van der Waals surface area contributed by atoms with Crippen molar-refractivity contribution >= 4 is 69.6 Å². The smallest absolute Gasteiger partial charge is 0.0774 e. The van der Waals surface area contributed by atoms with Crippen molar-refractivity contribution in [1.29, 1.82) is 0 Å². The molecular formula is C7H8Cl6. The highest BCUT2D eigenvalue weighted by molar-refractivity contribution is 6.46. The van der Waals surface area contributed by atoms with Crippen LogP contribution in [0, 0.1) is 0 Å². The molecule has 6 heteroatoms. The van der Waals surface area contributed by atoms with E-state index in [1.54, 1.807) is 6.92 Å². The molecule has 0 aromatic rings. The normalized spacial score (nSPS) is 57.9. The fourth-order valence-electron chi connectivity index (χ4n) is 1.27. The minimum absolute atomic E-state index is 0.458. The van der Waals surface area contributed by atoms with Crippen molar-refractivity contribution in [2.75, 3.05) is 0 Å². The molecule has 0 heterocycles. The Kier molecular flexibility index (Phi) is 4.25. The van der Waals surface area contributed by atoms with Gasteiger partial charge in [-0.15, -0.1) is 69.6 Å². The SMILES string of the molecule is CC1(Cl)[C@H](Cl)[C@H](Cl)C(Cl)C(Cl)[C@@H]1Cl. The Morgan fingerprint density at radius 1 is 0.769 bits per heavy atom. The Morgan fingerprint density at radius 2 is 1.08 bits per heavy atom. The highest BCUT2D eigenvalue weighted by Gasteiger charge is 2.54. The van der Waals surface area contributed by atoms with Crippen LogP contribution in [0.4, 0.5) is 0 Å². The number of hydrogen-bond acceptors (Lipinski definition) is 0. The van der Waals surface area contributed by atoms with Gasteiger partial charge in [0.1, 0.15) is 0 Å². The van der Waals surface area contributed by atoms with Crippen molar-refractivity contribution in [2.45, 2.75) is 38.7 Å². The van der Waals surface area contributed by atoms with E-state index in [0.29, 0.717) is 0 Å². The van der Waals surface area contributed by atoms with Crippen molar-refractivity contribution in [3.8, 4) is 0 Å². The Hall–Kier alpha value is 1.74. The van der Waals surface area contributed by atoms with Crippen LogP contribution in [-0.4, -0.2) is 31.8 Å². The topological polar surface area (TPSA) is 0 Å². The molecule has 1 saturated carbocycles. The molecule has 0 radical (unpaired) electrons. The maximum atomic E-state index is 6.14. The Labute approximate surface area is 108 Å². The van der Waals surface area contributed by atoms with Crippen LogP contribution in [0.2, 0.25) is 0 Å². The fraction of sp³-hybridized carbons (Fsp3) is 1.00. The lowest BCUT2D eigenvalue weighted by atomic mass is 9.87. The van der Waals surface area contributed by atoms with E-state index >= 15 is 0 Å². The third kappa shape index (κ3) is 2.14. The van der Waals surface area contributed by atoms with Gasteiger partial charge in [-0.2, -0.15) is 0 Å². The summed E-state index contributed by atoms with van der Waals surface area (Å²) >= 11 is 36.1. The second-order valence-electron chi connectivity index (χ2n) is 3.29. The quantitative estimate of drug-likeness (QED) is 0.593. The number of halogens is 6. The van der Waals surface area contributed by atoms with Gasteiger partial charge in [0.05, 0.1) is 31.8 Å². The first-order valence-corrected chi connectivity index (χ1v) is 6.25. The summed E-state index contributed by atoms with van der Waals surface area (Å²) in [5, 5.41) is -2.38. The average Bonchev–Trinajstić information content (AvgIpc) is 2.09. The van der Waals surface area contributed by atoms with Crippen molar-refractivity contribution < 1.29 is 0 Å². The van der Waals surface area contributed by atoms with Crippen LogP contribution in [0.25, 0.3) is 0 Å². The molecule has 0 N–H and O–H groups in total. The van der Waals surface area contributed by atoms with E-state index in [9.17, 15) is 0 Å². The van der Waals surface area contributed by atoms with Crippen LogP contribution < -0.4 is 0 Å². The highest BCUT2D eigenvalue weighted by Crippen LogP contribution is 2.46. The lowest BCUT2D eigenvalue weighted by Gasteiger charge is -2.44. The summed E-state index contributed by atoms with van der Waals surface area (Å²) in [5.74, 6) is 0. The third-order valence-electron chi connectivity index (χ3n) is 2.25. The molecule has 0 aromatic heterocycles. The van der Waals surface area contributed by atoms with Gasteiger partial charge in [-0.05, 0) is 6.92 Å². The number of alkyl halides is 6. The van der Waals surface area contributed by atoms with E-state index in [2.05, 4.69) is 0 Å². The Bertz CT molecular complexity index is 175. The summed E-state index contributed by atoms with van der Waals surface area (Å²) in [5.41, 5.74) is 0. The molecule has 0 aliphatic heterocycles. The van der Waals surface area contributed by atoms with Crippen LogP contribution in [0.5, 0.6) is 0 Å². The lowest BCUT2D eigenvalue weighted by molar-refractivity contribution is 0.444. The summed E-state index contributed by atoms with van der Waals surface area (Å²) in [6.07, 6.45) is 0. The molecule has 78 valence electrons. The zero-order valence-corrected chi connectivity index (χ0v) is 11.2. The molecule has 13 heavy (non-hydrogen) atoms. The number of hydrogen-bond donors (Lipinski definition) is 0. The van der Waals surface area contributed by atoms with E-state index in [1.165, 1.54) is 0 Å². The maximum Gasteiger partial charge on any atom is 0.0774 e. The predicted molar refractivity (Wildman–Crippen MR) is 62.5 cm³/mol. The molecule has 1 aliphatic rings. The van der Waals surface area contributed by atoms with Gasteiger partial charge in [0.25, 0.3) is 0 Å². The summed E-state index contributed by atoms with van der Waals surface area (Å²) in [6, 6.07) is 0. The Morgan fingerprint density at radius 3 is 1.38 bits per heavy atom. The summed E-state index contributed by atoms with van der Waals surface area (Å²) < 4.78 is 0. The molecule has 0 nitrogen and oxygen atoms in total. The van der Waals surface area contributed by atoms with Crippen molar-refractivity contribution in [1.82, 2.24) is 0 Å². The molecule has 1 fully saturated rings. The monoisotopic (exact) mass is 302 g/mol. The lowest BCUT2D eigenvalue weighted by Crippen LogP contribution is -2.58. The molecule has 3 unspecified atom stereocenters. The minimum Gasteiger partial charge on any atom is -0.120 e. The maximum absolute atomic E-state index is 6.14. The molecule has 1 aliphatic carbocycles. The van der Waals surface area contributed by atoms with E-state index in [0.717, 1.165) is 0 Å². The van der Waals surface area contributed by atoms with Gasteiger partial charge in [-0.1, -0.05) is 0 Å². The largest absolute Gasteiger partial charge is 0.120 e. The molecule has 0 aromatic carbocycles. The number of rotatable bonds is 0. The zero-order valence-electron chi connectivity index (χ0n) is 6.65. The molecule has 0 amide bonds. The molecule has 6 atom stereocenters. The predicted octanol–water partition coefficient (Wildman–Crippen LogP) is 4.03. The molecular weight excluding hydrogens is 297 g/mol. The van der Waals surface area contributed by atoms with Crippen LogP contribution in [-0.2, 0) is 0 Å².